The molecule has 34 heavy (non-hydrogen) atoms. The van der Waals surface area contributed by atoms with Crippen LogP contribution in [0.5, 0.6) is 0 Å². The number of benzene rings is 1. The molecule has 1 aromatic carbocycles. The van der Waals surface area contributed by atoms with Gasteiger partial charge in [-0.25, -0.2) is 14.6 Å². The minimum absolute atomic E-state index is 0.0485. The van der Waals surface area contributed by atoms with E-state index in [2.05, 4.69) is 25.6 Å². The minimum Gasteiger partial charge on any atom is -0.390 e. The van der Waals surface area contributed by atoms with Crippen LogP contribution in [0.4, 0.5) is 19.0 Å². The van der Waals surface area contributed by atoms with Gasteiger partial charge >= 0.3 is 6.18 Å². The van der Waals surface area contributed by atoms with Crippen LogP contribution in [0, 0.1) is 5.92 Å². The lowest BCUT2D eigenvalue weighted by atomic mass is 10.1. The molecule has 5 rings (SSSR count). The number of hydrogen-bond acceptors (Lipinski definition) is 9. The fourth-order valence-corrected chi connectivity index (χ4v) is 4.70. The number of fused-ring (bicyclic) bond motifs is 1. The van der Waals surface area contributed by atoms with Crippen molar-refractivity contribution in [2.45, 2.75) is 59.8 Å². The lowest BCUT2D eigenvalue weighted by molar-refractivity contribution is -0.137. The number of nitrogens with two attached hydrogens (primary N) is 1. The Morgan fingerprint density at radius 2 is 1.85 bits per heavy atom. The zero-order valence-electron chi connectivity index (χ0n) is 17.5. The number of alkyl halides is 3. The average Bonchev–Trinajstić information content (AvgIpc) is 3.41. The van der Waals surface area contributed by atoms with E-state index in [1.54, 1.807) is 0 Å². The minimum atomic E-state index is -4.44. The SMILES string of the molecule is NC(=O)[C@H]1CC(n2nnc3c(NC4CC4)nc(Sc4ccc(C(F)(F)F)cc4)nc32)C(O)C1O. The summed E-state index contributed by atoms with van der Waals surface area (Å²) in [6.07, 6.45) is -5.15. The van der Waals surface area contributed by atoms with E-state index in [0.29, 0.717) is 16.2 Å². The quantitative estimate of drug-likeness (QED) is 0.375. The van der Waals surface area contributed by atoms with Crippen LogP contribution in [-0.4, -0.2) is 59.3 Å². The molecule has 3 aromatic rings. The summed E-state index contributed by atoms with van der Waals surface area (Å²) >= 11 is 1.06. The fourth-order valence-electron chi connectivity index (χ4n) is 3.95. The van der Waals surface area contributed by atoms with Crippen LogP contribution in [0.1, 0.15) is 30.9 Å². The Kier molecular flexibility index (Phi) is 5.61. The fraction of sp³-hybridized carbons (Fsp3) is 0.450. The van der Waals surface area contributed by atoms with E-state index in [0.717, 1.165) is 36.7 Å². The van der Waals surface area contributed by atoms with Crippen molar-refractivity contribution >= 4 is 34.7 Å². The molecule has 0 aliphatic heterocycles. The Bertz CT molecular complexity index is 1230. The molecule has 14 heteroatoms. The highest BCUT2D eigenvalue weighted by Crippen LogP contribution is 2.38. The molecule has 2 aliphatic rings. The average molecular weight is 495 g/mol. The number of primary amides is 1. The maximum atomic E-state index is 12.9. The number of hydrogen-bond donors (Lipinski definition) is 4. The van der Waals surface area contributed by atoms with Gasteiger partial charge in [-0.2, -0.15) is 13.2 Å². The molecule has 0 bridgehead atoms. The number of aliphatic hydroxyl groups excluding tert-OH is 2. The standard InChI is InChI=1S/C20H20F3N7O3S/c21-20(22,23)8-1-5-10(6-2-8)34-19-26-17(25-9-3-4-9)13-18(27-19)30(29-28-13)12-7-11(16(24)33)14(31)15(12)32/h1-2,5-6,9,11-12,14-15,31-32H,3-4,7H2,(H2,24,33)(H,25,26,27)/t11-,12?,14?,15?/m0/s1. The second-order valence-electron chi connectivity index (χ2n) is 8.40. The maximum absolute atomic E-state index is 12.9. The van der Waals surface area contributed by atoms with Crippen molar-refractivity contribution in [1.29, 1.82) is 0 Å². The van der Waals surface area contributed by atoms with Gasteiger partial charge in [0.2, 0.25) is 5.91 Å². The summed E-state index contributed by atoms with van der Waals surface area (Å²) in [5, 5.41) is 32.5. The maximum Gasteiger partial charge on any atom is 0.416 e. The molecule has 0 radical (unpaired) electrons. The van der Waals surface area contributed by atoms with Crippen molar-refractivity contribution in [2.24, 2.45) is 11.7 Å². The Balaban J connectivity index is 1.51. The third kappa shape index (κ3) is 4.28. The summed E-state index contributed by atoms with van der Waals surface area (Å²) in [5.41, 5.74) is 5.19. The molecule has 180 valence electrons. The molecule has 2 aromatic heterocycles. The number of aliphatic hydroxyl groups is 2. The molecule has 2 heterocycles. The topological polar surface area (TPSA) is 152 Å². The van der Waals surface area contributed by atoms with Gasteiger partial charge < -0.3 is 21.3 Å². The van der Waals surface area contributed by atoms with Gasteiger partial charge in [0, 0.05) is 10.9 Å². The largest absolute Gasteiger partial charge is 0.416 e. The van der Waals surface area contributed by atoms with E-state index in [-0.39, 0.29) is 23.3 Å². The lowest BCUT2D eigenvalue weighted by Gasteiger charge is -2.17. The second kappa shape index (κ2) is 8.36. The van der Waals surface area contributed by atoms with Gasteiger partial charge in [-0.05, 0) is 55.3 Å². The Morgan fingerprint density at radius 3 is 2.44 bits per heavy atom. The number of amides is 1. The molecular weight excluding hydrogens is 475 g/mol. The van der Waals surface area contributed by atoms with Crippen molar-refractivity contribution in [3.63, 3.8) is 0 Å². The van der Waals surface area contributed by atoms with Gasteiger partial charge in [-0.1, -0.05) is 5.21 Å². The smallest absolute Gasteiger partial charge is 0.390 e. The number of carbonyl (C=O) groups is 1. The predicted molar refractivity (Wildman–Crippen MR) is 114 cm³/mol. The monoisotopic (exact) mass is 495 g/mol. The van der Waals surface area contributed by atoms with Crippen LogP contribution in [0.2, 0.25) is 0 Å². The third-order valence-corrected chi connectivity index (χ3v) is 6.82. The first kappa shape index (κ1) is 22.8. The molecule has 0 spiro atoms. The summed E-state index contributed by atoms with van der Waals surface area (Å²) in [6.45, 7) is 0. The number of halogens is 3. The highest BCUT2D eigenvalue weighted by molar-refractivity contribution is 7.99. The van der Waals surface area contributed by atoms with E-state index in [1.807, 2.05) is 0 Å². The van der Waals surface area contributed by atoms with E-state index in [1.165, 1.54) is 16.8 Å². The van der Waals surface area contributed by atoms with Crippen molar-refractivity contribution in [3.8, 4) is 0 Å². The molecule has 5 N–H and O–H groups in total. The van der Waals surface area contributed by atoms with Crippen LogP contribution in [0.3, 0.4) is 0 Å². The normalized spacial score (nSPS) is 25.1. The first-order valence-electron chi connectivity index (χ1n) is 10.5. The number of nitrogens with zero attached hydrogens (tertiary/aromatic N) is 5. The van der Waals surface area contributed by atoms with E-state index < -0.39 is 41.8 Å². The Labute approximate surface area is 194 Å². The van der Waals surface area contributed by atoms with Gasteiger partial charge in [-0.15, -0.1) is 5.10 Å². The number of nitrogens with one attached hydrogen (secondary N) is 1. The third-order valence-electron chi connectivity index (χ3n) is 5.94. The summed E-state index contributed by atoms with van der Waals surface area (Å²) in [7, 11) is 0. The van der Waals surface area contributed by atoms with Crippen LogP contribution in [0.15, 0.2) is 34.3 Å². The van der Waals surface area contributed by atoms with Crippen molar-refractivity contribution in [3.05, 3.63) is 29.8 Å². The zero-order valence-corrected chi connectivity index (χ0v) is 18.3. The van der Waals surface area contributed by atoms with E-state index in [4.69, 9.17) is 5.73 Å². The van der Waals surface area contributed by atoms with Gasteiger partial charge in [0.1, 0.15) is 6.10 Å². The van der Waals surface area contributed by atoms with Crippen LogP contribution < -0.4 is 11.1 Å². The number of aromatic nitrogens is 5. The number of anilines is 1. The number of carbonyl (C=O) groups excluding carboxylic acids is 1. The highest BCUT2D eigenvalue weighted by atomic mass is 32.2. The zero-order chi connectivity index (χ0) is 24.2. The van der Waals surface area contributed by atoms with Gasteiger partial charge in [0.05, 0.1) is 23.6 Å². The Morgan fingerprint density at radius 1 is 1.15 bits per heavy atom. The molecule has 2 saturated carbocycles. The van der Waals surface area contributed by atoms with Crippen LogP contribution >= 0.6 is 11.8 Å². The molecule has 4 atom stereocenters. The number of rotatable bonds is 6. The first-order valence-corrected chi connectivity index (χ1v) is 11.3. The van der Waals surface area contributed by atoms with Crippen molar-refractivity contribution < 1.29 is 28.2 Å². The van der Waals surface area contributed by atoms with Crippen LogP contribution in [-0.2, 0) is 11.0 Å². The first-order chi connectivity index (χ1) is 16.1. The van der Waals surface area contributed by atoms with Crippen molar-refractivity contribution in [1.82, 2.24) is 25.0 Å². The van der Waals surface area contributed by atoms with E-state index >= 15 is 0 Å². The summed E-state index contributed by atoms with van der Waals surface area (Å²) in [6, 6.07) is 4.04. The summed E-state index contributed by atoms with van der Waals surface area (Å²) < 4.78 is 39.9. The summed E-state index contributed by atoms with van der Waals surface area (Å²) in [4.78, 5) is 21.1. The van der Waals surface area contributed by atoms with Gasteiger partial charge in [0.25, 0.3) is 0 Å². The summed E-state index contributed by atoms with van der Waals surface area (Å²) in [5.74, 6) is -1.28. The molecule has 0 saturated heterocycles. The van der Waals surface area contributed by atoms with Crippen LogP contribution in [0.25, 0.3) is 11.2 Å². The molecule has 1 amide bonds. The molecule has 2 fully saturated rings. The van der Waals surface area contributed by atoms with E-state index in [9.17, 15) is 28.2 Å². The highest BCUT2D eigenvalue weighted by Gasteiger charge is 2.46. The van der Waals surface area contributed by atoms with Gasteiger partial charge in [0.15, 0.2) is 22.1 Å². The van der Waals surface area contributed by atoms with Gasteiger partial charge in [-0.3, -0.25) is 4.79 Å². The molecule has 10 nitrogen and oxygen atoms in total. The lowest BCUT2D eigenvalue weighted by Crippen LogP contribution is -2.35. The second-order valence-corrected chi connectivity index (χ2v) is 9.44. The Hall–Kier alpha value is -2.97. The molecular formula is C20H20F3N7O3S. The molecule has 2 aliphatic carbocycles. The predicted octanol–water partition coefficient (Wildman–Crippen LogP) is 1.73. The molecule has 3 unspecified atom stereocenters. The van der Waals surface area contributed by atoms with Crippen molar-refractivity contribution in [2.75, 3.05) is 5.32 Å².